The molecule has 0 unspecified atom stereocenters. The van der Waals surface area contributed by atoms with E-state index in [0.717, 1.165) is 12.0 Å². The number of nitrogens with zero attached hydrogens (tertiary/aromatic N) is 2. The smallest absolute Gasteiger partial charge is 0.0685 e. The average Bonchev–Trinajstić information content (AvgIpc) is 1.89. The molecule has 0 fully saturated rings. The van der Waals surface area contributed by atoms with Gasteiger partial charge in [0.25, 0.3) is 0 Å². The minimum atomic E-state index is 0.701. The molecule has 0 atom stereocenters. The van der Waals surface area contributed by atoms with Crippen molar-refractivity contribution < 1.29 is 0 Å². The molecule has 3 heteroatoms. The van der Waals surface area contributed by atoms with E-state index in [2.05, 4.69) is 10.2 Å². The van der Waals surface area contributed by atoms with Crippen LogP contribution in [0.25, 0.3) is 0 Å². The number of rotatable bonds is 1. The second kappa shape index (κ2) is 2.78. The molecular formula is C6H7ClN2. The first-order valence-corrected chi connectivity index (χ1v) is 3.17. The molecule has 1 heterocycles. The summed E-state index contributed by atoms with van der Waals surface area (Å²) in [5.74, 6) is 0. The van der Waals surface area contributed by atoms with Gasteiger partial charge in [0.1, 0.15) is 0 Å². The minimum absolute atomic E-state index is 0.701. The Hall–Kier alpha value is -0.630. The van der Waals surface area contributed by atoms with Crippen LogP contribution < -0.4 is 0 Å². The molecule has 0 amide bonds. The quantitative estimate of drug-likeness (QED) is 0.597. The Bertz CT molecular complexity index is 200. The molecule has 2 nitrogen and oxygen atoms in total. The van der Waals surface area contributed by atoms with E-state index in [9.17, 15) is 0 Å². The van der Waals surface area contributed by atoms with Crippen LogP contribution in [0.1, 0.15) is 12.5 Å². The topological polar surface area (TPSA) is 25.8 Å². The molecule has 48 valence electrons. The van der Waals surface area contributed by atoms with Gasteiger partial charge in [-0.3, -0.25) is 0 Å². The molecule has 0 aliphatic rings. The Balaban J connectivity index is 3.01. The minimum Gasteiger partial charge on any atom is -0.159 e. The van der Waals surface area contributed by atoms with Crippen molar-refractivity contribution in [3.05, 3.63) is 23.0 Å². The van der Waals surface area contributed by atoms with Crippen LogP contribution in [0.4, 0.5) is 0 Å². The van der Waals surface area contributed by atoms with Gasteiger partial charge in [0.15, 0.2) is 0 Å². The maximum absolute atomic E-state index is 5.72. The molecule has 0 saturated heterocycles. The fourth-order valence-electron chi connectivity index (χ4n) is 0.592. The van der Waals surface area contributed by atoms with Crippen LogP contribution in [0.2, 0.25) is 5.02 Å². The predicted molar refractivity (Wildman–Crippen MR) is 36.4 cm³/mol. The molecule has 0 spiro atoms. The van der Waals surface area contributed by atoms with Crippen molar-refractivity contribution in [3.8, 4) is 0 Å². The van der Waals surface area contributed by atoms with Gasteiger partial charge in [-0.05, 0) is 12.0 Å². The van der Waals surface area contributed by atoms with E-state index in [1.54, 1.807) is 12.4 Å². The van der Waals surface area contributed by atoms with Crippen LogP contribution in [-0.2, 0) is 6.42 Å². The lowest BCUT2D eigenvalue weighted by Gasteiger charge is -1.94. The summed E-state index contributed by atoms with van der Waals surface area (Å²) in [6.45, 7) is 2.03. The fraction of sp³-hybridized carbons (Fsp3) is 0.333. The van der Waals surface area contributed by atoms with Crippen molar-refractivity contribution in [2.75, 3.05) is 0 Å². The van der Waals surface area contributed by atoms with Crippen LogP contribution in [-0.4, -0.2) is 10.2 Å². The molecule has 0 bridgehead atoms. The molecule has 0 N–H and O–H groups in total. The third kappa shape index (κ3) is 1.39. The van der Waals surface area contributed by atoms with Gasteiger partial charge in [-0.1, -0.05) is 18.5 Å². The lowest BCUT2D eigenvalue weighted by Crippen LogP contribution is -1.85. The van der Waals surface area contributed by atoms with E-state index in [4.69, 9.17) is 11.6 Å². The number of aromatic nitrogens is 2. The van der Waals surface area contributed by atoms with Crippen molar-refractivity contribution in [1.29, 1.82) is 0 Å². The summed E-state index contributed by atoms with van der Waals surface area (Å²) in [6.07, 6.45) is 4.15. The molecule has 1 rings (SSSR count). The number of hydrogen-bond acceptors (Lipinski definition) is 2. The van der Waals surface area contributed by atoms with E-state index in [1.165, 1.54) is 0 Å². The van der Waals surface area contributed by atoms with Gasteiger partial charge in [0.05, 0.1) is 17.4 Å². The standard InChI is InChI=1S/C6H7ClN2/c1-2-5-3-8-9-4-6(5)7/h3-4H,2H2,1H3. The first-order valence-electron chi connectivity index (χ1n) is 2.79. The zero-order valence-electron chi connectivity index (χ0n) is 5.13. The van der Waals surface area contributed by atoms with E-state index in [0.29, 0.717) is 5.02 Å². The average molecular weight is 143 g/mol. The summed E-state index contributed by atoms with van der Waals surface area (Å²) in [4.78, 5) is 0. The van der Waals surface area contributed by atoms with Gasteiger partial charge in [-0.2, -0.15) is 10.2 Å². The first kappa shape index (κ1) is 6.49. The Labute approximate surface area is 58.9 Å². The summed E-state index contributed by atoms with van der Waals surface area (Å²) in [7, 11) is 0. The number of halogens is 1. The molecule has 0 aliphatic heterocycles. The maximum Gasteiger partial charge on any atom is 0.0685 e. The second-order valence-electron chi connectivity index (χ2n) is 1.72. The van der Waals surface area contributed by atoms with Crippen LogP contribution in [0.5, 0.6) is 0 Å². The summed E-state index contributed by atoms with van der Waals surface area (Å²) in [5, 5.41) is 7.99. The third-order valence-corrected chi connectivity index (χ3v) is 1.48. The lowest BCUT2D eigenvalue weighted by molar-refractivity contribution is 0.983. The SMILES string of the molecule is CCc1cnncc1Cl. The van der Waals surface area contributed by atoms with Gasteiger partial charge < -0.3 is 0 Å². The van der Waals surface area contributed by atoms with E-state index >= 15 is 0 Å². The predicted octanol–water partition coefficient (Wildman–Crippen LogP) is 1.69. The zero-order chi connectivity index (χ0) is 6.69. The van der Waals surface area contributed by atoms with Crippen molar-refractivity contribution in [1.82, 2.24) is 10.2 Å². The molecular weight excluding hydrogens is 136 g/mol. The summed E-state index contributed by atoms with van der Waals surface area (Å²) in [5.41, 5.74) is 1.05. The van der Waals surface area contributed by atoms with Crippen LogP contribution in [0, 0.1) is 0 Å². The van der Waals surface area contributed by atoms with E-state index in [1.807, 2.05) is 6.92 Å². The van der Waals surface area contributed by atoms with Gasteiger partial charge in [0, 0.05) is 0 Å². The van der Waals surface area contributed by atoms with Crippen molar-refractivity contribution in [2.24, 2.45) is 0 Å². The Morgan fingerprint density at radius 3 is 2.56 bits per heavy atom. The molecule has 0 saturated carbocycles. The Morgan fingerprint density at radius 2 is 2.11 bits per heavy atom. The van der Waals surface area contributed by atoms with E-state index < -0.39 is 0 Å². The highest BCUT2D eigenvalue weighted by molar-refractivity contribution is 6.31. The van der Waals surface area contributed by atoms with Gasteiger partial charge in [-0.15, -0.1) is 0 Å². The third-order valence-electron chi connectivity index (χ3n) is 1.14. The molecule has 0 aliphatic carbocycles. The van der Waals surface area contributed by atoms with Crippen molar-refractivity contribution in [2.45, 2.75) is 13.3 Å². The normalized spacial score (nSPS) is 9.56. The van der Waals surface area contributed by atoms with Crippen LogP contribution >= 0.6 is 11.6 Å². The fourth-order valence-corrected chi connectivity index (χ4v) is 0.818. The van der Waals surface area contributed by atoms with Gasteiger partial charge in [-0.25, -0.2) is 0 Å². The molecule has 0 radical (unpaired) electrons. The highest BCUT2D eigenvalue weighted by Gasteiger charge is 1.94. The zero-order valence-corrected chi connectivity index (χ0v) is 5.89. The first-order chi connectivity index (χ1) is 4.34. The van der Waals surface area contributed by atoms with Crippen LogP contribution in [0.15, 0.2) is 12.4 Å². The molecule has 9 heavy (non-hydrogen) atoms. The molecule has 1 aromatic rings. The molecule has 0 aromatic carbocycles. The maximum atomic E-state index is 5.72. The van der Waals surface area contributed by atoms with E-state index in [-0.39, 0.29) is 0 Å². The monoisotopic (exact) mass is 142 g/mol. The largest absolute Gasteiger partial charge is 0.159 e. The molecule has 1 aromatic heterocycles. The number of aryl methyl sites for hydroxylation is 1. The number of hydrogen-bond donors (Lipinski definition) is 0. The Kier molecular flexibility index (Phi) is 2.01. The summed E-state index contributed by atoms with van der Waals surface area (Å²) in [6, 6.07) is 0. The second-order valence-corrected chi connectivity index (χ2v) is 2.12. The highest BCUT2D eigenvalue weighted by Crippen LogP contribution is 2.11. The Morgan fingerprint density at radius 1 is 1.44 bits per heavy atom. The van der Waals surface area contributed by atoms with Crippen molar-refractivity contribution >= 4 is 11.6 Å². The van der Waals surface area contributed by atoms with Gasteiger partial charge in [0.2, 0.25) is 0 Å². The highest BCUT2D eigenvalue weighted by atomic mass is 35.5. The van der Waals surface area contributed by atoms with Crippen molar-refractivity contribution in [3.63, 3.8) is 0 Å². The lowest BCUT2D eigenvalue weighted by atomic mass is 10.2. The van der Waals surface area contributed by atoms with Crippen LogP contribution in [0.3, 0.4) is 0 Å². The summed E-state index contributed by atoms with van der Waals surface area (Å²) < 4.78 is 0. The van der Waals surface area contributed by atoms with Gasteiger partial charge >= 0.3 is 0 Å². The summed E-state index contributed by atoms with van der Waals surface area (Å²) >= 11 is 5.72.